The highest BCUT2D eigenvalue weighted by Gasteiger charge is 2.03. The van der Waals surface area contributed by atoms with Crippen LogP contribution in [0.5, 0.6) is 0 Å². The average Bonchev–Trinajstić information content (AvgIpc) is 2.59. The Morgan fingerprint density at radius 1 is 1.46 bits per heavy atom. The summed E-state index contributed by atoms with van der Waals surface area (Å²) in [6.07, 6.45) is 0. The first kappa shape index (κ1) is 8.59. The second kappa shape index (κ2) is 3.40. The number of thiol groups is 1. The molecule has 2 nitrogen and oxygen atoms in total. The molecule has 4 heteroatoms. The molecule has 0 spiro atoms. The molecule has 0 amide bonds. The number of benzene rings is 1. The van der Waals surface area contributed by atoms with Crippen molar-refractivity contribution in [2.45, 2.75) is 0 Å². The van der Waals surface area contributed by atoms with Crippen molar-refractivity contribution in [3.63, 3.8) is 0 Å². The zero-order chi connectivity index (χ0) is 9.26. The highest BCUT2D eigenvalue weighted by Crippen LogP contribution is 2.24. The van der Waals surface area contributed by atoms with Crippen LogP contribution in [0.4, 0.5) is 0 Å². The molecule has 0 atom stereocenters. The molecule has 1 aromatic heterocycles. The van der Waals surface area contributed by atoms with Gasteiger partial charge in [-0.2, -0.15) is 0 Å². The van der Waals surface area contributed by atoms with Gasteiger partial charge in [-0.25, -0.2) is 4.98 Å². The monoisotopic (exact) mass is 208 g/mol. The molecular weight excluding hydrogens is 200 g/mol. The fourth-order valence-corrected chi connectivity index (χ4v) is 2.15. The molecule has 1 aromatic carbocycles. The molecule has 0 aliphatic heterocycles. The minimum absolute atomic E-state index is 0.615. The number of hydrogen-bond acceptors (Lipinski definition) is 4. The van der Waals surface area contributed by atoms with E-state index in [1.165, 1.54) is 0 Å². The lowest BCUT2D eigenvalue weighted by Gasteiger charge is -1.89. The molecular formula is C9H8N2S2. The fourth-order valence-electron chi connectivity index (χ4n) is 1.05. The molecule has 1 heterocycles. The predicted molar refractivity (Wildman–Crippen MR) is 60.8 cm³/mol. The van der Waals surface area contributed by atoms with Crippen molar-refractivity contribution in [3.05, 3.63) is 34.7 Å². The van der Waals surface area contributed by atoms with E-state index in [2.05, 4.69) is 17.6 Å². The van der Waals surface area contributed by atoms with Gasteiger partial charge in [0.25, 0.3) is 0 Å². The van der Waals surface area contributed by atoms with Gasteiger partial charge in [0.15, 0.2) is 0 Å². The van der Waals surface area contributed by atoms with Crippen LogP contribution in [0, 0.1) is 0 Å². The summed E-state index contributed by atoms with van der Waals surface area (Å²) in [5.74, 6) is 0. The summed E-state index contributed by atoms with van der Waals surface area (Å²) in [4.78, 5) is 4.36. The highest BCUT2D eigenvalue weighted by atomic mass is 32.1. The minimum Gasteiger partial charge on any atom is -0.396 e. The third kappa shape index (κ3) is 1.55. The molecule has 66 valence electrons. The zero-order valence-electron chi connectivity index (χ0n) is 6.77. The lowest BCUT2D eigenvalue weighted by molar-refractivity contribution is 1.40. The highest BCUT2D eigenvalue weighted by molar-refractivity contribution is 7.83. The van der Waals surface area contributed by atoms with Gasteiger partial charge in [0, 0.05) is 0 Å². The SMILES string of the molecule is N/C(=C\S)c1nc2ccccc2s1. The van der Waals surface area contributed by atoms with Crippen molar-refractivity contribution >= 4 is 39.9 Å². The fraction of sp³-hybridized carbons (Fsp3) is 0. The minimum atomic E-state index is 0.615. The summed E-state index contributed by atoms with van der Waals surface area (Å²) in [6, 6.07) is 7.96. The predicted octanol–water partition coefficient (Wildman–Crippen LogP) is 2.48. The van der Waals surface area contributed by atoms with Crippen LogP contribution in [-0.2, 0) is 0 Å². The number of nitrogens with two attached hydrogens (primary N) is 1. The number of para-hydroxylation sites is 1. The number of hydrogen-bond donors (Lipinski definition) is 2. The normalized spacial score (nSPS) is 12.2. The maximum Gasteiger partial charge on any atom is 0.140 e. The molecule has 2 N–H and O–H groups in total. The standard InChI is InChI=1S/C9H8N2S2/c10-6(5-12)9-11-7-3-1-2-4-8(7)13-9/h1-5,12H,10H2/b6-5-. The first-order valence-corrected chi connectivity index (χ1v) is 5.10. The van der Waals surface area contributed by atoms with Gasteiger partial charge >= 0.3 is 0 Å². The Morgan fingerprint density at radius 3 is 2.92 bits per heavy atom. The van der Waals surface area contributed by atoms with Crippen molar-refractivity contribution < 1.29 is 0 Å². The average molecular weight is 208 g/mol. The number of nitrogens with zero attached hydrogens (tertiary/aromatic N) is 1. The van der Waals surface area contributed by atoms with Crippen molar-refractivity contribution in [2.24, 2.45) is 5.73 Å². The van der Waals surface area contributed by atoms with Crippen LogP contribution in [0.25, 0.3) is 15.9 Å². The van der Waals surface area contributed by atoms with Crippen LogP contribution in [0.3, 0.4) is 0 Å². The molecule has 0 unspecified atom stereocenters. The molecule has 2 aromatic rings. The molecule has 13 heavy (non-hydrogen) atoms. The van der Waals surface area contributed by atoms with E-state index < -0.39 is 0 Å². The largest absolute Gasteiger partial charge is 0.396 e. The van der Waals surface area contributed by atoms with Crippen LogP contribution in [0.15, 0.2) is 29.7 Å². The Labute approximate surface area is 85.5 Å². The summed E-state index contributed by atoms with van der Waals surface area (Å²) >= 11 is 5.56. The first-order valence-electron chi connectivity index (χ1n) is 3.77. The van der Waals surface area contributed by atoms with Gasteiger partial charge in [-0.15, -0.1) is 24.0 Å². The first-order chi connectivity index (χ1) is 6.31. The van der Waals surface area contributed by atoms with E-state index >= 15 is 0 Å². The van der Waals surface area contributed by atoms with E-state index in [0.29, 0.717) is 5.70 Å². The molecule has 0 fully saturated rings. The molecule has 0 saturated heterocycles. The third-order valence-corrected chi connectivity index (χ3v) is 3.04. The van der Waals surface area contributed by atoms with Gasteiger partial charge in [-0.1, -0.05) is 12.1 Å². The molecule has 0 radical (unpaired) electrons. The molecule has 0 aliphatic carbocycles. The van der Waals surface area contributed by atoms with Gasteiger partial charge in [0.1, 0.15) is 5.01 Å². The Kier molecular flexibility index (Phi) is 2.24. The number of fused-ring (bicyclic) bond motifs is 1. The van der Waals surface area contributed by atoms with E-state index in [9.17, 15) is 0 Å². The third-order valence-electron chi connectivity index (χ3n) is 1.68. The van der Waals surface area contributed by atoms with Crippen molar-refractivity contribution in [2.75, 3.05) is 0 Å². The van der Waals surface area contributed by atoms with Gasteiger partial charge in [0.2, 0.25) is 0 Å². The van der Waals surface area contributed by atoms with Crippen LogP contribution < -0.4 is 5.73 Å². The van der Waals surface area contributed by atoms with Crippen molar-refractivity contribution in [1.29, 1.82) is 0 Å². The smallest absolute Gasteiger partial charge is 0.140 e. The Bertz CT molecular complexity index is 426. The Balaban J connectivity index is 2.62. The number of rotatable bonds is 1. The van der Waals surface area contributed by atoms with E-state index in [1.54, 1.807) is 16.7 Å². The van der Waals surface area contributed by atoms with E-state index in [1.807, 2.05) is 24.3 Å². The summed E-state index contributed by atoms with van der Waals surface area (Å²) in [6.45, 7) is 0. The zero-order valence-corrected chi connectivity index (χ0v) is 8.48. The molecule has 2 rings (SSSR count). The summed E-state index contributed by atoms with van der Waals surface area (Å²) < 4.78 is 1.15. The lowest BCUT2D eigenvalue weighted by Crippen LogP contribution is -1.93. The lowest BCUT2D eigenvalue weighted by atomic mass is 10.3. The van der Waals surface area contributed by atoms with Crippen LogP contribution in [-0.4, -0.2) is 4.98 Å². The van der Waals surface area contributed by atoms with Crippen LogP contribution in [0.2, 0.25) is 0 Å². The van der Waals surface area contributed by atoms with Crippen LogP contribution >= 0.6 is 24.0 Å². The van der Waals surface area contributed by atoms with Gasteiger partial charge in [-0.3, -0.25) is 0 Å². The summed E-state index contributed by atoms with van der Waals surface area (Å²) in [7, 11) is 0. The molecule has 0 bridgehead atoms. The maximum absolute atomic E-state index is 5.69. The van der Waals surface area contributed by atoms with Crippen molar-refractivity contribution in [1.82, 2.24) is 4.98 Å². The van der Waals surface area contributed by atoms with E-state index in [-0.39, 0.29) is 0 Å². The van der Waals surface area contributed by atoms with Crippen LogP contribution in [0.1, 0.15) is 5.01 Å². The molecule has 0 aliphatic rings. The summed E-state index contributed by atoms with van der Waals surface area (Å²) in [5.41, 5.74) is 7.29. The van der Waals surface area contributed by atoms with Gasteiger partial charge in [0.05, 0.1) is 15.9 Å². The number of thiazole rings is 1. The Hall–Kier alpha value is -1.00. The topological polar surface area (TPSA) is 38.9 Å². The molecule has 0 saturated carbocycles. The van der Waals surface area contributed by atoms with Gasteiger partial charge < -0.3 is 5.73 Å². The maximum atomic E-state index is 5.69. The van der Waals surface area contributed by atoms with Crippen molar-refractivity contribution in [3.8, 4) is 0 Å². The summed E-state index contributed by atoms with van der Waals surface area (Å²) in [5, 5.41) is 2.40. The van der Waals surface area contributed by atoms with Gasteiger partial charge in [-0.05, 0) is 17.5 Å². The second-order valence-corrected chi connectivity index (χ2v) is 3.86. The van der Waals surface area contributed by atoms with E-state index in [4.69, 9.17) is 5.73 Å². The second-order valence-electron chi connectivity index (χ2n) is 2.57. The van der Waals surface area contributed by atoms with E-state index in [0.717, 1.165) is 15.2 Å². The quantitative estimate of drug-likeness (QED) is 0.707. The Morgan fingerprint density at radius 2 is 2.23 bits per heavy atom. The number of aromatic nitrogens is 1.